The Hall–Kier alpha value is -0.570. The Morgan fingerprint density at radius 3 is 2.18 bits per heavy atom. The molecular formula is C14H30N2O. The summed E-state index contributed by atoms with van der Waals surface area (Å²) in [5.74, 6) is 0.229. The van der Waals surface area contributed by atoms with Gasteiger partial charge in [0.1, 0.15) is 0 Å². The van der Waals surface area contributed by atoms with E-state index in [4.69, 9.17) is 0 Å². The molecule has 0 bridgehead atoms. The molecule has 1 unspecified atom stereocenters. The second-order valence-electron chi connectivity index (χ2n) is 4.57. The van der Waals surface area contributed by atoms with E-state index < -0.39 is 0 Å². The molecule has 0 aliphatic carbocycles. The normalized spacial score (nSPS) is 12.5. The highest BCUT2D eigenvalue weighted by atomic mass is 16.2. The molecular weight excluding hydrogens is 212 g/mol. The highest BCUT2D eigenvalue weighted by molar-refractivity contribution is 5.78. The fourth-order valence-corrected chi connectivity index (χ4v) is 2.07. The first-order valence-electron chi connectivity index (χ1n) is 7.20. The third kappa shape index (κ3) is 7.37. The van der Waals surface area contributed by atoms with Crippen LogP contribution in [0.3, 0.4) is 0 Å². The second-order valence-corrected chi connectivity index (χ2v) is 4.57. The highest BCUT2D eigenvalue weighted by Crippen LogP contribution is 2.06. The summed E-state index contributed by atoms with van der Waals surface area (Å²) < 4.78 is 0. The zero-order chi connectivity index (χ0) is 13.1. The Kier molecular flexibility index (Phi) is 10.2. The standard InChI is InChI=1S/C14H30N2O/c1-5-9-11-13(10-6-2)15-12-14(17)16(7-3)8-4/h13,15H,5-12H2,1-4H3. The van der Waals surface area contributed by atoms with Crippen LogP contribution in [0.5, 0.6) is 0 Å². The number of hydrogen-bond acceptors (Lipinski definition) is 2. The van der Waals surface area contributed by atoms with Gasteiger partial charge in [0.05, 0.1) is 6.54 Å². The maximum absolute atomic E-state index is 11.9. The smallest absolute Gasteiger partial charge is 0.236 e. The van der Waals surface area contributed by atoms with Crippen LogP contribution in [-0.2, 0) is 4.79 Å². The van der Waals surface area contributed by atoms with E-state index in [0.29, 0.717) is 12.6 Å². The third-order valence-corrected chi connectivity index (χ3v) is 3.20. The molecule has 102 valence electrons. The van der Waals surface area contributed by atoms with E-state index in [2.05, 4.69) is 19.2 Å². The Bertz CT molecular complexity index is 191. The van der Waals surface area contributed by atoms with Crippen LogP contribution < -0.4 is 5.32 Å². The molecule has 0 aliphatic heterocycles. The lowest BCUT2D eigenvalue weighted by atomic mass is 10.1. The Morgan fingerprint density at radius 1 is 1.06 bits per heavy atom. The van der Waals surface area contributed by atoms with Gasteiger partial charge in [-0.1, -0.05) is 33.1 Å². The van der Waals surface area contributed by atoms with Crippen molar-refractivity contribution in [2.45, 2.75) is 65.8 Å². The number of amides is 1. The molecule has 0 saturated heterocycles. The van der Waals surface area contributed by atoms with E-state index in [0.717, 1.165) is 13.1 Å². The largest absolute Gasteiger partial charge is 0.342 e. The molecule has 0 rings (SSSR count). The van der Waals surface area contributed by atoms with E-state index in [1.165, 1.54) is 32.1 Å². The summed E-state index contributed by atoms with van der Waals surface area (Å²) >= 11 is 0. The van der Waals surface area contributed by atoms with Gasteiger partial charge in [0.15, 0.2) is 0 Å². The number of hydrogen-bond donors (Lipinski definition) is 1. The number of likely N-dealkylation sites (N-methyl/N-ethyl adjacent to an activating group) is 1. The first-order valence-corrected chi connectivity index (χ1v) is 7.20. The first kappa shape index (κ1) is 16.4. The second kappa shape index (κ2) is 10.6. The average molecular weight is 242 g/mol. The highest BCUT2D eigenvalue weighted by Gasteiger charge is 2.12. The summed E-state index contributed by atoms with van der Waals surface area (Å²) in [5.41, 5.74) is 0. The molecule has 0 aromatic rings. The van der Waals surface area contributed by atoms with Gasteiger partial charge >= 0.3 is 0 Å². The molecule has 1 amide bonds. The minimum absolute atomic E-state index is 0.229. The molecule has 3 nitrogen and oxygen atoms in total. The SMILES string of the molecule is CCCCC(CCC)NCC(=O)N(CC)CC. The van der Waals surface area contributed by atoms with Crippen molar-refractivity contribution in [2.24, 2.45) is 0 Å². The zero-order valence-electron chi connectivity index (χ0n) is 12.1. The molecule has 0 aromatic carbocycles. The molecule has 0 fully saturated rings. The minimum Gasteiger partial charge on any atom is -0.342 e. The van der Waals surface area contributed by atoms with Crippen molar-refractivity contribution in [3.05, 3.63) is 0 Å². The fourth-order valence-electron chi connectivity index (χ4n) is 2.07. The van der Waals surface area contributed by atoms with Crippen LogP contribution in [-0.4, -0.2) is 36.5 Å². The molecule has 1 atom stereocenters. The quantitative estimate of drug-likeness (QED) is 0.639. The van der Waals surface area contributed by atoms with Crippen LogP contribution in [0.25, 0.3) is 0 Å². The van der Waals surface area contributed by atoms with Crippen molar-refractivity contribution in [1.82, 2.24) is 10.2 Å². The summed E-state index contributed by atoms with van der Waals surface area (Å²) in [6, 6.07) is 0.513. The van der Waals surface area contributed by atoms with Crippen LogP contribution in [0.1, 0.15) is 59.8 Å². The summed E-state index contributed by atoms with van der Waals surface area (Å²) in [4.78, 5) is 13.7. The predicted molar refractivity (Wildman–Crippen MR) is 74.2 cm³/mol. The van der Waals surface area contributed by atoms with Crippen LogP contribution in [0.2, 0.25) is 0 Å². The van der Waals surface area contributed by atoms with E-state index in [-0.39, 0.29) is 5.91 Å². The van der Waals surface area contributed by atoms with Crippen molar-refractivity contribution in [2.75, 3.05) is 19.6 Å². The summed E-state index contributed by atoms with van der Waals surface area (Å²) in [7, 11) is 0. The lowest BCUT2D eigenvalue weighted by molar-refractivity contribution is -0.130. The van der Waals surface area contributed by atoms with Gasteiger partial charge in [0, 0.05) is 19.1 Å². The van der Waals surface area contributed by atoms with E-state index in [1.807, 2.05) is 18.7 Å². The lowest BCUT2D eigenvalue weighted by Gasteiger charge is -2.22. The van der Waals surface area contributed by atoms with Gasteiger partial charge in [0.25, 0.3) is 0 Å². The van der Waals surface area contributed by atoms with Gasteiger partial charge in [-0.3, -0.25) is 4.79 Å². The number of unbranched alkanes of at least 4 members (excludes halogenated alkanes) is 1. The average Bonchev–Trinajstić information content (AvgIpc) is 2.34. The summed E-state index contributed by atoms with van der Waals surface area (Å²) in [5, 5.41) is 3.41. The van der Waals surface area contributed by atoms with Crippen molar-refractivity contribution in [3.63, 3.8) is 0 Å². The van der Waals surface area contributed by atoms with Gasteiger partial charge in [-0.2, -0.15) is 0 Å². The number of carbonyl (C=O) groups excluding carboxylic acids is 1. The Balaban J connectivity index is 3.96. The lowest BCUT2D eigenvalue weighted by Crippen LogP contribution is -2.41. The van der Waals surface area contributed by atoms with Crippen molar-refractivity contribution < 1.29 is 4.79 Å². The van der Waals surface area contributed by atoms with Gasteiger partial charge < -0.3 is 10.2 Å². The van der Waals surface area contributed by atoms with Crippen LogP contribution in [0.15, 0.2) is 0 Å². The monoisotopic (exact) mass is 242 g/mol. The number of carbonyl (C=O) groups is 1. The predicted octanol–water partition coefficient (Wildman–Crippen LogP) is 2.80. The van der Waals surface area contributed by atoms with E-state index >= 15 is 0 Å². The fraction of sp³-hybridized carbons (Fsp3) is 0.929. The van der Waals surface area contributed by atoms with E-state index in [1.54, 1.807) is 0 Å². The maximum Gasteiger partial charge on any atom is 0.236 e. The van der Waals surface area contributed by atoms with Gasteiger partial charge in [-0.15, -0.1) is 0 Å². The molecule has 0 aliphatic rings. The molecule has 17 heavy (non-hydrogen) atoms. The van der Waals surface area contributed by atoms with E-state index in [9.17, 15) is 4.79 Å². The van der Waals surface area contributed by atoms with Gasteiger partial charge in [-0.05, 0) is 26.7 Å². The van der Waals surface area contributed by atoms with Gasteiger partial charge in [0.2, 0.25) is 5.91 Å². The minimum atomic E-state index is 0.229. The number of nitrogens with one attached hydrogen (secondary N) is 1. The first-order chi connectivity index (χ1) is 8.19. The van der Waals surface area contributed by atoms with Crippen molar-refractivity contribution >= 4 is 5.91 Å². The van der Waals surface area contributed by atoms with Crippen LogP contribution in [0.4, 0.5) is 0 Å². The molecule has 0 saturated carbocycles. The topological polar surface area (TPSA) is 32.3 Å². The van der Waals surface area contributed by atoms with Crippen LogP contribution >= 0.6 is 0 Å². The number of rotatable bonds is 10. The zero-order valence-corrected chi connectivity index (χ0v) is 12.1. The summed E-state index contributed by atoms with van der Waals surface area (Å²) in [6.07, 6.45) is 6.02. The molecule has 0 heterocycles. The molecule has 1 N–H and O–H groups in total. The maximum atomic E-state index is 11.9. The molecule has 0 radical (unpaired) electrons. The summed E-state index contributed by atoms with van der Waals surface area (Å²) in [6.45, 7) is 10.6. The van der Waals surface area contributed by atoms with Gasteiger partial charge in [-0.25, -0.2) is 0 Å². The third-order valence-electron chi connectivity index (χ3n) is 3.20. The Labute approximate surface area is 107 Å². The molecule has 0 spiro atoms. The van der Waals surface area contributed by atoms with Crippen molar-refractivity contribution in [1.29, 1.82) is 0 Å². The van der Waals surface area contributed by atoms with Crippen LogP contribution in [0, 0.1) is 0 Å². The number of nitrogens with zero attached hydrogens (tertiary/aromatic N) is 1. The van der Waals surface area contributed by atoms with Crippen molar-refractivity contribution in [3.8, 4) is 0 Å². The molecule has 0 aromatic heterocycles. The Morgan fingerprint density at radius 2 is 1.71 bits per heavy atom. The molecule has 3 heteroatoms.